The van der Waals surface area contributed by atoms with Crippen LogP contribution in [0.25, 0.3) is 0 Å². The normalized spacial score (nSPS) is 17.0. The predicted molar refractivity (Wildman–Crippen MR) is 111 cm³/mol. The Bertz CT molecular complexity index is 527. The standard InChI is InChI=1S/C20H34N2.2ClH/c1-13-14(2)16(4)18(17(5)15(13)3)19(20(6,7)8)22-11-9-21-10-12-22;;/h19,21H,9-12H2,1-8H3;2*1H/t19-;;/m1../s1. The van der Waals surface area contributed by atoms with Gasteiger partial charge in [0, 0.05) is 32.2 Å². The second-order valence-electron chi connectivity index (χ2n) is 8.09. The molecule has 140 valence electrons. The molecule has 1 N–H and O–H groups in total. The molecule has 1 heterocycles. The van der Waals surface area contributed by atoms with Crippen molar-refractivity contribution >= 4 is 24.8 Å². The van der Waals surface area contributed by atoms with Crippen LogP contribution in [0.2, 0.25) is 0 Å². The third kappa shape index (κ3) is 4.46. The second kappa shape index (κ2) is 8.89. The molecule has 2 nitrogen and oxygen atoms in total. The highest BCUT2D eigenvalue weighted by atomic mass is 35.5. The van der Waals surface area contributed by atoms with Crippen LogP contribution < -0.4 is 5.32 Å². The highest BCUT2D eigenvalue weighted by Gasteiger charge is 2.35. The molecule has 1 aliphatic rings. The second-order valence-corrected chi connectivity index (χ2v) is 8.09. The summed E-state index contributed by atoms with van der Waals surface area (Å²) in [5, 5.41) is 3.49. The lowest BCUT2D eigenvalue weighted by Gasteiger charge is -2.44. The van der Waals surface area contributed by atoms with Crippen molar-refractivity contribution in [1.82, 2.24) is 10.2 Å². The van der Waals surface area contributed by atoms with E-state index >= 15 is 0 Å². The van der Waals surface area contributed by atoms with Gasteiger partial charge in [0.25, 0.3) is 0 Å². The zero-order valence-corrected chi connectivity index (χ0v) is 18.3. The maximum Gasteiger partial charge on any atom is 0.0402 e. The molecule has 1 aliphatic heterocycles. The van der Waals surface area contributed by atoms with Crippen molar-refractivity contribution in [1.29, 1.82) is 0 Å². The van der Waals surface area contributed by atoms with E-state index in [1.165, 1.54) is 27.8 Å². The van der Waals surface area contributed by atoms with Gasteiger partial charge in [-0.25, -0.2) is 0 Å². The van der Waals surface area contributed by atoms with Gasteiger partial charge >= 0.3 is 0 Å². The van der Waals surface area contributed by atoms with Crippen molar-refractivity contribution in [2.45, 2.75) is 61.4 Å². The molecule has 4 heteroatoms. The van der Waals surface area contributed by atoms with E-state index < -0.39 is 0 Å². The molecule has 0 bridgehead atoms. The minimum Gasteiger partial charge on any atom is -0.314 e. The van der Waals surface area contributed by atoms with E-state index in [9.17, 15) is 0 Å². The Morgan fingerprint density at radius 2 is 1.12 bits per heavy atom. The molecule has 0 aromatic heterocycles. The number of rotatable bonds is 2. The van der Waals surface area contributed by atoms with Gasteiger partial charge < -0.3 is 5.32 Å². The molecule has 0 amide bonds. The molecular formula is C20H36Cl2N2. The van der Waals surface area contributed by atoms with Crippen LogP contribution in [-0.4, -0.2) is 31.1 Å². The molecule has 0 aliphatic carbocycles. The number of nitrogens with one attached hydrogen (secondary N) is 1. The summed E-state index contributed by atoms with van der Waals surface area (Å²) in [4.78, 5) is 2.69. The first-order valence-corrected chi connectivity index (χ1v) is 8.68. The molecule has 0 saturated carbocycles. The van der Waals surface area contributed by atoms with Gasteiger partial charge in [0.05, 0.1) is 0 Å². The topological polar surface area (TPSA) is 15.3 Å². The monoisotopic (exact) mass is 374 g/mol. The largest absolute Gasteiger partial charge is 0.314 e. The Labute approximate surface area is 161 Å². The van der Waals surface area contributed by atoms with Crippen LogP contribution in [0, 0.1) is 40.0 Å². The van der Waals surface area contributed by atoms with Crippen molar-refractivity contribution in [3.8, 4) is 0 Å². The van der Waals surface area contributed by atoms with Gasteiger partial charge in [-0.2, -0.15) is 0 Å². The summed E-state index contributed by atoms with van der Waals surface area (Å²) in [5.74, 6) is 0. The number of nitrogens with zero attached hydrogens (tertiary/aromatic N) is 1. The molecule has 1 fully saturated rings. The fourth-order valence-electron chi connectivity index (χ4n) is 4.04. The van der Waals surface area contributed by atoms with Crippen LogP contribution >= 0.6 is 24.8 Å². The summed E-state index contributed by atoms with van der Waals surface area (Å²) in [6.45, 7) is 23.2. The zero-order chi connectivity index (χ0) is 16.7. The van der Waals surface area contributed by atoms with E-state index in [-0.39, 0.29) is 30.2 Å². The minimum atomic E-state index is 0. The van der Waals surface area contributed by atoms with Crippen LogP contribution in [0.5, 0.6) is 0 Å². The highest BCUT2D eigenvalue weighted by molar-refractivity contribution is 5.85. The van der Waals surface area contributed by atoms with Gasteiger partial charge in [-0.15, -0.1) is 24.8 Å². The van der Waals surface area contributed by atoms with Gasteiger partial charge in [0.2, 0.25) is 0 Å². The molecule has 1 atom stereocenters. The Hall–Kier alpha value is -0.280. The van der Waals surface area contributed by atoms with Crippen molar-refractivity contribution in [2.24, 2.45) is 5.41 Å². The molecule has 1 saturated heterocycles. The summed E-state index contributed by atoms with van der Waals surface area (Å²) >= 11 is 0. The van der Waals surface area contributed by atoms with Crippen molar-refractivity contribution < 1.29 is 0 Å². The predicted octanol–water partition coefficient (Wildman–Crippen LogP) is 5.06. The van der Waals surface area contributed by atoms with E-state index in [1.54, 1.807) is 5.56 Å². The lowest BCUT2D eigenvalue weighted by atomic mass is 9.75. The van der Waals surface area contributed by atoms with Crippen molar-refractivity contribution in [3.05, 3.63) is 33.4 Å². The quantitative estimate of drug-likeness (QED) is 0.777. The molecule has 1 aromatic rings. The molecule has 1 aromatic carbocycles. The number of halogens is 2. The van der Waals surface area contributed by atoms with E-state index in [4.69, 9.17) is 0 Å². The maximum absolute atomic E-state index is 3.49. The minimum absolute atomic E-state index is 0. The lowest BCUT2D eigenvalue weighted by Crippen LogP contribution is -2.48. The first kappa shape index (κ1) is 23.7. The number of benzene rings is 1. The van der Waals surface area contributed by atoms with E-state index in [2.05, 4.69) is 65.6 Å². The molecular weight excluding hydrogens is 339 g/mol. The molecule has 0 spiro atoms. The summed E-state index contributed by atoms with van der Waals surface area (Å²) < 4.78 is 0. The van der Waals surface area contributed by atoms with Gasteiger partial charge in [0.15, 0.2) is 0 Å². The van der Waals surface area contributed by atoms with Crippen LogP contribution in [0.15, 0.2) is 0 Å². The van der Waals surface area contributed by atoms with Gasteiger partial charge in [-0.05, 0) is 73.4 Å². The Kier molecular flexibility index (Phi) is 8.79. The van der Waals surface area contributed by atoms with Crippen LogP contribution in [-0.2, 0) is 0 Å². The maximum atomic E-state index is 3.49. The van der Waals surface area contributed by atoms with Crippen LogP contribution in [0.3, 0.4) is 0 Å². The fraction of sp³-hybridized carbons (Fsp3) is 0.700. The van der Waals surface area contributed by atoms with Gasteiger partial charge in [-0.1, -0.05) is 20.8 Å². The highest BCUT2D eigenvalue weighted by Crippen LogP contribution is 2.43. The van der Waals surface area contributed by atoms with Crippen molar-refractivity contribution in [2.75, 3.05) is 26.2 Å². The average molecular weight is 375 g/mol. The summed E-state index contributed by atoms with van der Waals surface area (Å²) in [7, 11) is 0. The zero-order valence-electron chi connectivity index (χ0n) is 16.7. The smallest absolute Gasteiger partial charge is 0.0402 e. The third-order valence-electron chi connectivity index (χ3n) is 5.67. The average Bonchev–Trinajstić information content (AvgIpc) is 2.47. The van der Waals surface area contributed by atoms with Gasteiger partial charge in [0.1, 0.15) is 0 Å². The molecule has 0 radical (unpaired) electrons. The molecule has 2 rings (SSSR count). The summed E-state index contributed by atoms with van der Waals surface area (Å²) in [6, 6.07) is 0.493. The molecule has 0 unspecified atom stereocenters. The molecule has 24 heavy (non-hydrogen) atoms. The first-order valence-electron chi connectivity index (χ1n) is 8.68. The number of hydrogen-bond donors (Lipinski definition) is 1. The SMILES string of the molecule is Cc1c(C)c(C)c([C@@H](N2CCNCC2)C(C)(C)C)c(C)c1C.Cl.Cl. The third-order valence-corrected chi connectivity index (χ3v) is 5.67. The Morgan fingerprint density at radius 3 is 1.50 bits per heavy atom. The summed E-state index contributed by atoms with van der Waals surface area (Å²) in [5.41, 5.74) is 9.23. The van der Waals surface area contributed by atoms with Crippen LogP contribution in [0.1, 0.15) is 60.2 Å². The van der Waals surface area contributed by atoms with E-state index in [1.807, 2.05) is 0 Å². The van der Waals surface area contributed by atoms with E-state index in [0.29, 0.717) is 6.04 Å². The number of hydrogen-bond acceptors (Lipinski definition) is 2. The Morgan fingerprint density at radius 1 is 0.750 bits per heavy atom. The first-order chi connectivity index (χ1) is 10.2. The van der Waals surface area contributed by atoms with Gasteiger partial charge in [-0.3, -0.25) is 4.90 Å². The number of piperazine rings is 1. The van der Waals surface area contributed by atoms with E-state index in [0.717, 1.165) is 26.2 Å². The Balaban J connectivity index is 0.00000264. The van der Waals surface area contributed by atoms with Crippen molar-refractivity contribution in [3.63, 3.8) is 0 Å². The lowest BCUT2D eigenvalue weighted by molar-refractivity contribution is 0.0852. The fourth-order valence-corrected chi connectivity index (χ4v) is 4.04. The van der Waals surface area contributed by atoms with Crippen LogP contribution in [0.4, 0.5) is 0 Å². The summed E-state index contributed by atoms with van der Waals surface area (Å²) in [6.07, 6.45) is 0.